The van der Waals surface area contributed by atoms with Crippen LogP contribution in [0, 0.1) is 11.8 Å². The smallest absolute Gasteiger partial charge is 0.0562 e. The molecule has 0 fully saturated rings. The summed E-state index contributed by atoms with van der Waals surface area (Å²) in [7, 11) is 0. The van der Waals surface area contributed by atoms with Gasteiger partial charge in [-0.2, -0.15) is 0 Å². The van der Waals surface area contributed by atoms with Crippen LogP contribution in [0.2, 0.25) is 5.02 Å². The summed E-state index contributed by atoms with van der Waals surface area (Å²) in [5.41, 5.74) is 6.16. The minimum absolute atomic E-state index is 0.595. The summed E-state index contributed by atoms with van der Waals surface area (Å²) in [5, 5.41) is 0.696. The van der Waals surface area contributed by atoms with E-state index in [1.54, 1.807) is 0 Å². The van der Waals surface area contributed by atoms with E-state index in [0.717, 1.165) is 5.56 Å². The van der Waals surface area contributed by atoms with Crippen molar-refractivity contribution in [1.82, 2.24) is 0 Å². The molecule has 0 atom stereocenters. The first kappa shape index (κ1) is 9.12. The molecule has 0 radical (unpaired) electrons. The van der Waals surface area contributed by atoms with Gasteiger partial charge in [0, 0.05) is 18.5 Å². The number of halogens is 1. The first-order chi connectivity index (χ1) is 5.84. The van der Waals surface area contributed by atoms with Crippen molar-refractivity contribution in [2.45, 2.75) is 6.42 Å². The summed E-state index contributed by atoms with van der Waals surface area (Å²) in [6.45, 7) is 0.595. The Morgan fingerprint density at radius 1 is 1.33 bits per heavy atom. The summed E-state index contributed by atoms with van der Waals surface area (Å²) in [4.78, 5) is 0. The Hall–Kier alpha value is -0.970. The van der Waals surface area contributed by atoms with E-state index in [0.29, 0.717) is 18.0 Å². The second-order valence-electron chi connectivity index (χ2n) is 2.32. The predicted octanol–water partition coefficient (Wildman–Crippen LogP) is 2.04. The van der Waals surface area contributed by atoms with E-state index in [4.69, 9.17) is 17.3 Å². The van der Waals surface area contributed by atoms with Crippen LogP contribution in [0.15, 0.2) is 24.3 Å². The highest BCUT2D eigenvalue weighted by Gasteiger charge is 1.91. The van der Waals surface area contributed by atoms with Crippen LogP contribution in [0.4, 0.5) is 0 Å². The maximum atomic E-state index is 5.87. The van der Waals surface area contributed by atoms with Crippen LogP contribution < -0.4 is 5.73 Å². The predicted molar refractivity (Wildman–Crippen MR) is 52.0 cm³/mol. The minimum Gasteiger partial charge on any atom is -0.330 e. The van der Waals surface area contributed by atoms with Crippen molar-refractivity contribution in [2.24, 2.45) is 5.73 Å². The van der Waals surface area contributed by atoms with Crippen LogP contribution in [0.5, 0.6) is 0 Å². The van der Waals surface area contributed by atoms with Crippen LogP contribution in [0.25, 0.3) is 0 Å². The fourth-order valence-corrected chi connectivity index (χ4v) is 0.975. The standard InChI is InChI=1S/C10H10ClN/c11-10-7-2-1-5-9(10)6-3-4-8-12/h1-2,5,7H,4,8,12H2. The lowest BCUT2D eigenvalue weighted by Crippen LogP contribution is -1.95. The SMILES string of the molecule is NCCC#Cc1ccccc1Cl. The van der Waals surface area contributed by atoms with Crippen LogP contribution in [-0.4, -0.2) is 6.54 Å². The molecule has 1 aromatic rings. The Bertz CT molecular complexity index is 309. The Labute approximate surface area is 77.5 Å². The van der Waals surface area contributed by atoms with E-state index < -0.39 is 0 Å². The van der Waals surface area contributed by atoms with Crippen molar-refractivity contribution in [3.63, 3.8) is 0 Å². The van der Waals surface area contributed by atoms with Gasteiger partial charge in [-0.15, -0.1) is 0 Å². The van der Waals surface area contributed by atoms with Gasteiger partial charge in [-0.1, -0.05) is 35.6 Å². The van der Waals surface area contributed by atoms with Crippen molar-refractivity contribution in [2.75, 3.05) is 6.54 Å². The van der Waals surface area contributed by atoms with Gasteiger partial charge in [0.2, 0.25) is 0 Å². The fraction of sp³-hybridized carbons (Fsp3) is 0.200. The molecule has 0 bridgehead atoms. The van der Waals surface area contributed by atoms with E-state index in [-0.39, 0.29) is 0 Å². The first-order valence-corrected chi connectivity index (χ1v) is 4.16. The molecule has 2 heteroatoms. The lowest BCUT2D eigenvalue weighted by Gasteiger charge is -1.92. The molecule has 62 valence electrons. The van der Waals surface area contributed by atoms with Gasteiger partial charge in [-0.25, -0.2) is 0 Å². The van der Waals surface area contributed by atoms with Gasteiger partial charge in [0.25, 0.3) is 0 Å². The van der Waals surface area contributed by atoms with Crippen LogP contribution in [0.1, 0.15) is 12.0 Å². The molecule has 0 saturated carbocycles. The Morgan fingerprint density at radius 2 is 2.08 bits per heavy atom. The summed E-state index contributed by atoms with van der Waals surface area (Å²) in [5.74, 6) is 5.88. The lowest BCUT2D eigenvalue weighted by molar-refractivity contribution is 1.03. The molecular formula is C10H10ClN. The monoisotopic (exact) mass is 179 g/mol. The van der Waals surface area contributed by atoms with Crippen LogP contribution in [0.3, 0.4) is 0 Å². The summed E-state index contributed by atoms with van der Waals surface area (Å²) >= 11 is 5.87. The molecule has 0 aliphatic rings. The molecule has 2 N–H and O–H groups in total. The molecule has 0 aliphatic heterocycles. The molecule has 1 aromatic carbocycles. The van der Waals surface area contributed by atoms with E-state index >= 15 is 0 Å². The van der Waals surface area contributed by atoms with Gasteiger partial charge in [-0.3, -0.25) is 0 Å². The van der Waals surface area contributed by atoms with Gasteiger partial charge >= 0.3 is 0 Å². The highest BCUT2D eigenvalue weighted by Crippen LogP contribution is 2.12. The van der Waals surface area contributed by atoms with Crippen LogP contribution in [-0.2, 0) is 0 Å². The zero-order valence-electron chi connectivity index (χ0n) is 6.68. The molecule has 0 unspecified atom stereocenters. The summed E-state index contributed by atoms with van der Waals surface area (Å²) < 4.78 is 0. The Morgan fingerprint density at radius 3 is 2.75 bits per heavy atom. The topological polar surface area (TPSA) is 26.0 Å². The quantitative estimate of drug-likeness (QED) is 0.657. The van der Waals surface area contributed by atoms with Crippen molar-refractivity contribution < 1.29 is 0 Å². The highest BCUT2D eigenvalue weighted by atomic mass is 35.5. The van der Waals surface area contributed by atoms with Gasteiger partial charge in [0.05, 0.1) is 5.02 Å². The largest absolute Gasteiger partial charge is 0.330 e. The molecule has 0 amide bonds. The number of hydrogen-bond donors (Lipinski definition) is 1. The highest BCUT2D eigenvalue weighted by molar-refractivity contribution is 6.31. The van der Waals surface area contributed by atoms with E-state index in [1.165, 1.54) is 0 Å². The third kappa shape index (κ3) is 2.58. The molecule has 0 aromatic heterocycles. The third-order valence-electron chi connectivity index (χ3n) is 1.37. The van der Waals surface area contributed by atoms with Gasteiger partial charge in [0.1, 0.15) is 0 Å². The van der Waals surface area contributed by atoms with Gasteiger partial charge < -0.3 is 5.73 Å². The molecule has 1 rings (SSSR count). The molecule has 12 heavy (non-hydrogen) atoms. The number of rotatable bonds is 1. The zero-order valence-corrected chi connectivity index (χ0v) is 7.43. The van der Waals surface area contributed by atoms with Crippen molar-refractivity contribution >= 4 is 11.6 Å². The Kier molecular flexibility index (Phi) is 3.66. The van der Waals surface area contributed by atoms with Gasteiger partial charge in [-0.05, 0) is 12.1 Å². The summed E-state index contributed by atoms with van der Waals surface area (Å²) in [6, 6.07) is 7.52. The van der Waals surface area contributed by atoms with Crippen molar-refractivity contribution in [3.05, 3.63) is 34.9 Å². The maximum absolute atomic E-state index is 5.87. The second-order valence-corrected chi connectivity index (χ2v) is 2.73. The number of nitrogens with two attached hydrogens (primary N) is 1. The van der Waals surface area contributed by atoms with E-state index in [1.807, 2.05) is 24.3 Å². The summed E-state index contributed by atoms with van der Waals surface area (Å²) in [6.07, 6.45) is 0.714. The number of hydrogen-bond acceptors (Lipinski definition) is 1. The van der Waals surface area contributed by atoms with E-state index in [9.17, 15) is 0 Å². The molecule has 0 aliphatic carbocycles. The molecule has 0 heterocycles. The zero-order chi connectivity index (χ0) is 8.81. The normalized spacial score (nSPS) is 8.83. The average Bonchev–Trinajstić information content (AvgIpc) is 2.09. The first-order valence-electron chi connectivity index (χ1n) is 3.78. The van der Waals surface area contributed by atoms with Gasteiger partial charge in [0.15, 0.2) is 0 Å². The van der Waals surface area contributed by atoms with E-state index in [2.05, 4.69) is 11.8 Å². The molecule has 0 saturated heterocycles. The fourth-order valence-electron chi connectivity index (χ4n) is 0.792. The maximum Gasteiger partial charge on any atom is 0.0562 e. The third-order valence-corrected chi connectivity index (χ3v) is 1.70. The minimum atomic E-state index is 0.595. The lowest BCUT2D eigenvalue weighted by atomic mass is 10.2. The molecular weight excluding hydrogens is 170 g/mol. The molecule has 0 spiro atoms. The second kappa shape index (κ2) is 4.82. The number of benzene rings is 1. The van der Waals surface area contributed by atoms with Crippen molar-refractivity contribution in [3.8, 4) is 11.8 Å². The Balaban J connectivity index is 2.77. The van der Waals surface area contributed by atoms with Crippen molar-refractivity contribution in [1.29, 1.82) is 0 Å². The molecule has 1 nitrogen and oxygen atoms in total. The van der Waals surface area contributed by atoms with Crippen LogP contribution >= 0.6 is 11.6 Å². The average molecular weight is 180 g/mol.